The predicted octanol–water partition coefficient (Wildman–Crippen LogP) is 1.55. The second-order valence-electron chi connectivity index (χ2n) is 5.46. The van der Waals surface area contributed by atoms with E-state index >= 15 is 0 Å². The van der Waals surface area contributed by atoms with Gasteiger partial charge >= 0.3 is 0 Å². The zero-order valence-electron chi connectivity index (χ0n) is 9.70. The molecule has 0 aromatic carbocycles. The van der Waals surface area contributed by atoms with Crippen molar-refractivity contribution < 1.29 is 9.90 Å². The molecule has 2 rings (SSSR count). The number of carbonyl (C=O) groups is 1. The third kappa shape index (κ3) is 2.03. The highest BCUT2D eigenvalue weighted by Gasteiger charge is 2.41. The fourth-order valence-corrected chi connectivity index (χ4v) is 3.01. The van der Waals surface area contributed by atoms with Crippen molar-refractivity contribution in [3.63, 3.8) is 0 Å². The van der Waals surface area contributed by atoms with E-state index in [9.17, 15) is 9.90 Å². The highest BCUT2D eigenvalue weighted by molar-refractivity contribution is 5.84. The van der Waals surface area contributed by atoms with Crippen LogP contribution in [0.4, 0.5) is 0 Å². The van der Waals surface area contributed by atoms with Crippen LogP contribution in [0.1, 0.15) is 46.0 Å². The van der Waals surface area contributed by atoms with E-state index < -0.39 is 5.60 Å². The number of nitrogens with zero attached hydrogens (tertiary/aromatic N) is 1. The number of hydrogen-bond acceptors (Lipinski definition) is 2. The largest absolute Gasteiger partial charge is 0.381 e. The molecule has 86 valence electrons. The normalized spacial score (nSPS) is 31.5. The van der Waals surface area contributed by atoms with Crippen molar-refractivity contribution in [2.75, 3.05) is 6.54 Å². The Balaban J connectivity index is 2.08. The zero-order valence-corrected chi connectivity index (χ0v) is 9.70. The summed E-state index contributed by atoms with van der Waals surface area (Å²) in [6.45, 7) is 4.02. The van der Waals surface area contributed by atoms with Crippen LogP contribution >= 0.6 is 0 Å². The lowest BCUT2D eigenvalue weighted by Crippen LogP contribution is -2.48. The van der Waals surface area contributed by atoms with Crippen molar-refractivity contribution in [2.24, 2.45) is 5.92 Å². The summed E-state index contributed by atoms with van der Waals surface area (Å²) in [5.41, 5.74) is -1.20. The lowest BCUT2D eigenvalue weighted by atomic mass is 9.85. The molecule has 1 aliphatic heterocycles. The van der Waals surface area contributed by atoms with Crippen LogP contribution in [0.25, 0.3) is 0 Å². The number of rotatable bonds is 1. The lowest BCUT2D eigenvalue weighted by Gasteiger charge is -2.34. The van der Waals surface area contributed by atoms with Crippen LogP contribution in [-0.4, -0.2) is 34.1 Å². The number of hydrogen-bond donors (Lipinski definition) is 1. The molecule has 2 aliphatic rings. The van der Waals surface area contributed by atoms with Crippen LogP contribution in [0.3, 0.4) is 0 Å². The Hall–Kier alpha value is -0.570. The maximum absolute atomic E-state index is 12.0. The van der Waals surface area contributed by atoms with Gasteiger partial charge < -0.3 is 10.0 Å². The van der Waals surface area contributed by atoms with Gasteiger partial charge in [-0.15, -0.1) is 0 Å². The van der Waals surface area contributed by atoms with Crippen molar-refractivity contribution in [1.29, 1.82) is 0 Å². The standard InChI is InChI=1S/C12H21NO2/c1-12(2,15)11(14)13-8-7-9-5-3-4-6-10(9)13/h9-10,15H,3-8H2,1-2H3. The maximum atomic E-state index is 12.0. The Labute approximate surface area is 91.5 Å². The first-order chi connectivity index (χ1) is 7.00. The third-order valence-electron chi connectivity index (χ3n) is 3.79. The van der Waals surface area contributed by atoms with Gasteiger partial charge in [-0.3, -0.25) is 4.79 Å². The number of carbonyl (C=O) groups excluding carboxylic acids is 1. The number of fused-ring (bicyclic) bond motifs is 1. The maximum Gasteiger partial charge on any atom is 0.254 e. The van der Waals surface area contributed by atoms with Crippen molar-refractivity contribution in [1.82, 2.24) is 4.90 Å². The van der Waals surface area contributed by atoms with Crippen molar-refractivity contribution >= 4 is 5.91 Å². The van der Waals surface area contributed by atoms with Crippen LogP contribution in [0, 0.1) is 5.92 Å². The summed E-state index contributed by atoms with van der Waals surface area (Å²) in [6, 6.07) is 0.415. The molecular weight excluding hydrogens is 190 g/mol. The molecule has 0 aromatic heterocycles. The van der Waals surface area contributed by atoms with E-state index in [-0.39, 0.29) is 5.91 Å². The molecule has 3 heteroatoms. The molecule has 2 fully saturated rings. The highest BCUT2D eigenvalue weighted by atomic mass is 16.3. The van der Waals surface area contributed by atoms with Crippen molar-refractivity contribution in [2.45, 2.75) is 57.6 Å². The second kappa shape index (κ2) is 3.78. The first kappa shape index (κ1) is 10.9. The van der Waals surface area contributed by atoms with Crippen LogP contribution in [0.5, 0.6) is 0 Å². The topological polar surface area (TPSA) is 40.5 Å². The van der Waals surface area contributed by atoms with Gasteiger partial charge in [0.15, 0.2) is 0 Å². The average molecular weight is 211 g/mol. The second-order valence-corrected chi connectivity index (χ2v) is 5.46. The summed E-state index contributed by atoms with van der Waals surface area (Å²) in [6.07, 6.45) is 6.07. The van der Waals surface area contributed by atoms with E-state index in [0.29, 0.717) is 12.0 Å². The van der Waals surface area contributed by atoms with Gasteiger partial charge in [0.2, 0.25) is 0 Å². The van der Waals surface area contributed by atoms with E-state index in [4.69, 9.17) is 0 Å². The van der Waals surface area contributed by atoms with Crippen molar-refractivity contribution in [3.05, 3.63) is 0 Å². The summed E-state index contributed by atoms with van der Waals surface area (Å²) in [7, 11) is 0. The van der Waals surface area contributed by atoms with Gasteiger partial charge in [0, 0.05) is 12.6 Å². The Bertz CT molecular complexity index is 257. The quantitative estimate of drug-likeness (QED) is 0.715. The van der Waals surface area contributed by atoms with Gasteiger partial charge in [-0.25, -0.2) is 0 Å². The smallest absolute Gasteiger partial charge is 0.254 e. The fourth-order valence-electron chi connectivity index (χ4n) is 3.01. The fraction of sp³-hybridized carbons (Fsp3) is 0.917. The van der Waals surface area contributed by atoms with Crippen LogP contribution < -0.4 is 0 Å². The molecule has 1 amide bonds. The van der Waals surface area contributed by atoms with Crippen LogP contribution in [0.2, 0.25) is 0 Å². The molecule has 1 saturated heterocycles. The van der Waals surface area contributed by atoms with E-state index in [1.54, 1.807) is 13.8 Å². The molecule has 2 atom stereocenters. The number of likely N-dealkylation sites (tertiary alicyclic amines) is 1. The molecule has 15 heavy (non-hydrogen) atoms. The molecule has 2 unspecified atom stereocenters. The molecule has 1 N–H and O–H groups in total. The molecule has 1 saturated carbocycles. The van der Waals surface area contributed by atoms with Crippen LogP contribution in [0.15, 0.2) is 0 Å². The van der Waals surface area contributed by atoms with E-state index in [1.165, 1.54) is 19.3 Å². The van der Waals surface area contributed by atoms with Gasteiger partial charge in [0.1, 0.15) is 5.60 Å². The molecule has 1 heterocycles. The van der Waals surface area contributed by atoms with E-state index in [2.05, 4.69) is 0 Å². The van der Waals surface area contributed by atoms with E-state index in [1.807, 2.05) is 4.90 Å². The Morgan fingerprint density at radius 3 is 2.60 bits per heavy atom. The highest BCUT2D eigenvalue weighted by Crippen LogP contribution is 2.37. The molecule has 0 spiro atoms. The minimum atomic E-state index is -1.20. The molecule has 3 nitrogen and oxygen atoms in total. The van der Waals surface area contributed by atoms with Gasteiger partial charge in [-0.05, 0) is 39.0 Å². The average Bonchev–Trinajstić information content (AvgIpc) is 2.58. The van der Waals surface area contributed by atoms with Crippen molar-refractivity contribution in [3.8, 4) is 0 Å². The number of amides is 1. The minimum Gasteiger partial charge on any atom is -0.381 e. The summed E-state index contributed by atoms with van der Waals surface area (Å²) < 4.78 is 0. The molecule has 0 aromatic rings. The van der Waals surface area contributed by atoms with Crippen LogP contribution in [-0.2, 0) is 4.79 Å². The summed E-state index contributed by atoms with van der Waals surface area (Å²) in [4.78, 5) is 13.9. The molecule has 1 aliphatic carbocycles. The van der Waals surface area contributed by atoms with Gasteiger partial charge in [-0.2, -0.15) is 0 Å². The molecule has 0 radical (unpaired) electrons. The molecular formula is C12H21NO2. The Kier molecular flexibility index (Phi) is 2.75. The Morgan fingerprint density at radius 2 is 1.93 bits per heavy atom. The minimum absolute atomic E-state index is 0.0862. The van der Waals surface area contributed by atoms with Gasteiger partial charge in [0.05, 0.1) is 0 Å². The SMILES string of the molecule is CC(C)(O)C(=O)N1CCC2CCCCC21. The predicted molar refractivity (Wildman–Crippen MR) is 58.4 cm³/mol. The van der Waals surface area contributed by atoms with Gasteiger partial charge in [-0.1, -0.05) is 12.8 Å². The zero-order chi connectivity index (χ0) is 11.1. The monoisotopic (exact) mass is 211 g/mol. The van der Waals surface area contributed by atoms with E-state index in [0.717, 1.165) is 19.4 Å². The molecule has 0 bridgehead atoms. The van der Waals surface area contributed by atoms with Gasteiger partial charge in [0.25, 0.3) is 5.91 Å². The first-order valence-corrected chi connectivity index (χ1v) is 6.03. The third-order valence-corrected chi connectivity index (χ3v) is 3.79. The summed E-state index contributed by atoms with van der Waals surface area (Å²) in [5.74, 6) is 0.613. The Morgan fingerprint density at radius 1 is 1.27 bits per heavy atom. The summed E-state index contributed by atoms with van der Waals surface area (Å²) in [5, 5.41) is 9.75. The first-order valence-electron chi connectivity index (χ1n) is 6.03. The summed E-state index contributed by atoms with van der Waals surface area (Å²) >= 11 is 0. The number of aliphatic hydroxyl groups is 1. The lowest BCUT2D eigenvalue weighted by molar-refractivity contribution is -0.149.